The quantitative estimate of drug-likeness (QED) is 0.386. The lowest BCUT2D eigenvalue weighted by atomic mass is 10.0. The van der Waals surface area contributed by atoms with Crippen molar-refractivity contribution < 1.29 is 38.1 Å². The second-order valence-corrected chi connectivity index (χ2v) is 11.0. The van der Waals surface area contributed by atoms with Crippen LogP contribution in [0.3, 0.4) is 0 Å². The Labute approximate surface area is 222 Å². The van der Waals surface area contributed by atoms with Gasteiger partial charge in [0, 0.05) is 0 Å². The summed E-state index contributed by atoms with van der Waals surface area (Å²) in [6, 6.07) is 6.60. The van der Waals surface area contributed by atoms with E-state index in [0.717, 1.165) is 5.56 Å². The molecular weight excluding hydrogens is 496 g/mol. The zero-order chi connectivity index (χ0) is 28.1. The molecule has 2 aromatic rings. The van der Waals surface area contributed by atoms with Gasteiger partial charge in [0.25, 0.3) is 0 Å². The van der Waals surface area contributed by atoms with Gasteiger partial charge in [0.15, 0.2) is 12.2 Å². The Morgan fingerprint density at radius 1 is 0.921 bits per heavy atom. The molecule has 0 radical (unpaired) electrons. The first-order valence-electron chi connectivity index (χ1n) is 12.3. The largest absolute Gasteiger partial charge is 0.509 e. The van der Waals surface area contributed by atoms with Crippen LogP contribution in [0.15, 0.2) is 36.9 Å². The molecule has 0 saturated carbocycles. The van der Waals surface area contributed by atoms with E-state index < -0.39 is 47.7 Å². The van der Waals surface area contributed by atoms with Gasteiger partial charge in [-0.1, -0.05) is 12.1 Å². The molecule has 0 N–H and O–H groups in total. The number of benzene rings is 1. The van der Waals surface area contributed by atoms with Gasteiger partial charge in [-0.15, -0.1) is 10.2 Å². The lowest BCUT2D eigenvalue weighted by molar-refractivity contribution is -0.156. The highest BCUT2D eigenvalue weighted by molar-refractivity contribution is 5.72. The van der Waals surface area contributed by atoms with E-state index in [2.05, 4.69) is 10.2 Å². The Hall–Kier alpha value is -3.83. The van der Waals surface area contributed by atoms with E-state index in [9.17, 15) is 14.4 Å². The van der Waals surface area contributed by atoms with Gasteiger partial charge >= 0.3 is 18.2 Å². The molecule has 3 rings (SSSR count). The van der Waals surface area contributed by atoms with Crippen molar-refractivity contribution in [3.63, 3.8) is 0 Å². The zero-order valence-corrected chi connectivity index (χ0v) is 22.9. The number of esters is 1. The first kappa shape index (κ1) is 28.7. The van der Waals surface area contributed by atoms with Crippen LogP contribution in [0.2, 0.25) is 0 Å². The van der Waals surface area contributed by atoms with Crippen molar-refractivity contribution in [2.75, 3.05) is 13.7 Å². The van der Waals surface area contributed by atoms with Crippen LogP contribution in [0.5, 0.6) is 5.75 Å². The Bertz CT molecular complexity index is 1090. The average molecular weight is 533 g/mol. The maximum atomic E-state index is 13.3. The maximum Gasteiger partial charge on any atom is 0.509 e. The summed E-state index contributed by atoms with van der Waals surface area (Å²) in [5.74, 6) is 0.0607. The molecule has 1 aliphatic rings. The summed E-state index contributed by atoms with van der Waals surface area (Å²) < 4.78 is 29.1. The fourth-order valence-electron chi connectivity index (χ4n) is 3.92. The van der Waals surface area contributed by atoms with Crippen LogP contribution >= 0.6 is 0 Å². The minimum Gasteiger partial charge on any atom is -0.497 e. The van der Waals surface area contributed by atoms with Crippen LogP contribution in [-0.4, -0.2) is 81.0 Å². The second kappa shape index (κ2) is 11.7. The maximum absolute atomic E-state index is 13.3. The molecule has 0 spiro atoms. The molecule has 1 fully saturated rings. The monoisotopic (exact) mass is 532 g/mol. The van der Waals surface area contributed by atoms with Crippen LogP contribution < -0.4 is 4.74 Å². The number of methoxy groups -OCH3 is 1. The first-order valence-corrected chi connectivity index (χ1v) is 12.3. The predicted octanol–water partition coefficient (Wildman–Crippen LogP) is 3.38. The van der Waals surface area contributed by atoms with Gasteiger partial charge in [-0.3, -0.25) is 9.69 Å². The van der Waals surface area contributed by atoms with E-state index in [-0.39, 0.29) is 13.1 Å². The summed E-state index contributed by atoms with van der Waals surface area (Å²) in [7, 11) is 1.57. The number of ether oxygens (including phenoxy) is 5. The number of likely N-dealkylation sites (tertiary alicyclic amines) is 1. The normalized spacial score (nSPS) is 19.6. The van der Waals surface area contributed by atoms with Gasteiger partial charge in [0.1, 0.15) is 36.2 Å². The SMILES string of the molecule is COc1ccc(C[C@@H]2[C@H](OC(=O)Cn3cnnc3)[C@@H](OC(=O)OC(C)(C)C)CN2C(=O)OC(C)(C)C)cc1. The fourth-order valence-corrected chi connectivity index (χ4v) is 3.92. The summed E-state index contributed by atoms with van der Waals surface area (Å²) >= 11 is 0. The van der Waals surface area contributed by atoms with Crippen molar-refractivity contribution in [2.45, 2.75) is 84.0 Å². The lowest BCUT2D eigenvalue weighted by Crippen LogP contribution is -2.45. The number of rotatable bonds is 7. The number of carbonyl (C=O) groups is 3. The highest BCUT2D eigenvalue weighted by Gasteiger charge is 2.50. The third-order valence-corrected chi connectivity index (χ3v) is 5.44. The molecule has 208 valence electrons. The van der Waals surface area contributed by atoms with Crippen molar-refractivity contribution in [2.24, 2.45) is 0 Å². The Morgan fingerprint density at radius 3 is 2.08 bits per heavy atom. The van der Waals surface area contributed by atoms with Gasteiger partial charge < -0.3 is 28.3 Å². The topological polar surface area (TPSA) is 131 Å². The molecule has 3 atom stereocenters. The molecule has 1 aliphatic heterocycles. The highest BCUT2D eigenvalue weighted by Crippen LogP contribution is 2.30. The van der Waals surface area contributed by atoms with E-state index in [0.29, 0.717) is 12.2 Å². The van der Waals surface area contributed by atoms with Gasteiger partial charge in [0.2, 0.25) is 0 Å². The van der Waals surface area contributed by atoms with Crippen LogP contribution in [-0.2, 0) is 36.7 Å². The van der Waals surface area contributed by atoms with Crippen LogP contribution in [0, 0.1) is 0 Å². The van der Waals surface area contributed by atoms with Crippen LogP contribution in [0.25, 0.3) is 0 Å². The molecule has 1 aromatic carbocycles. The van der Waals surface area contributed by atoms with Crippen LogP contribution in [0.4, 0.5) is 9.59 Å². The van der Waals surface area contributed by atoms with Gasteiger partial charge in [-0.25, -0.2) is 9.59 Å². The number of amides is 1. The predicted molar refractivity (Wildman–Crippen MR) is 134 cm³/mol. The third kappa shape index (κ3) is 8.35. The minimum absolute atomic E-state index is 0.0560. The lowest BCUT2D eigenvalue weighted by Gasteiger charge is -2.30. The molecule has 0 unspecified atom stereocenters. The summed E-state index contributed by atoms with van der Waals surface area (Å²) in [4.78, 5) is 40.2. The van der Waals surface area contributed by atoms with Gasteiger partial charge in [0.05, 0.1) is 19.7 Å². The second-order valence-electron chi connectivity index (χ2n) is 11.0. The molecule has 12 heteroatoms. The van der Waals surface area contributed by atoms with Crippen LogP contribution in [0.1, 0.15) is 47.1 Å². The van der Waals surface area contributed by atoms with Crippen molar-refractivity contribution in [1.82, 2.24) is 19.7 Å². The number of carbonyl (C=O) groups excluding carboxylic acids is 3. The Balaban J connectivity index is 1.92. The standard InChI is InChI=1S/C26H36N4O8/c1-25(2,3)37-23(32)30-13-20(35-24(33)38-26(4,5)6)22(36-21(31)14-29-15-27-28-16-29)19(30)12-17-8-10-18(34-7)11-9-17/h8-11,15-16,19-20,22H,12-14H2,1-7H3/t19-,20+,22+/m1/s1. The number of hydrogen-bond acceptors (Lipinski definition) is 10. The summed E-state index contributed by atoms with van der Waals surface area (Å²) in [6.07, 6.45) is -0.491. The van der Waals surface area contributed by atoms with E-state index in [1.807, 2.05) is 12.1 Å². The van der Waals surface area contributed by atoms with E-state index >= 15 is 0 Å². The molecule has 1 amide bonds. The molecule has 0 bridgehead atoms. The van der Waals surface area contributed by atoms with E-state index in [4.69, 9.17) is 23.7 Å². The fraction of sp³-hybridized carbons (Fsp3) is 0.577. The minimum atomic E-state index is -0.999. The third-order valence-electron chi connectivity index (χ3n) is 5.44. The molecule has 1 aromatic heterocycles. The van der Waals surface area contributed by atoms with Crippen molar-refractivity contribution in [1.29, 1.82) is 0 Å². The zero-order valence-electron chi connectivity index (χ0n) is 22.9. The van der Waals surface area contributed by atoms with Crippen molar-refractivity contribution in [3.8, 4) is 5.75 Å². The Morgan fingerprint density at radius 2 is 1.53 bits per heavy atom. The number of hydrogen-bond donors (Lipinski definition) is 0. The van der Waals surface area contributed by atoms with Gasteiger partial charge in [-0.05, 0) is 65.7 Å². The summed E-state index contributed by atoms with van der Waals surface area (Å²) in [5.41, 5.74) is -0.724. The highest BCUT2D eigenvalue weighted by atomic mass is 16.7. The van der Waals surface area contributed by atoms with E-state index in [1.165, 1.54) is 22.1 Å². The van der Waals surface area contributed by atoms with E-state index in [1.54, 1.807) is 60.8 Å². The first-order chi connectivity index (χ1) is 17.7. The molecule has 2 heterocycles. The molecule has 12 nitrogen and oxygen atoms in total. The summed E-state index contributed by atoms with van der Waals surface area (Å²) in [6.45, 7) is 10.2. The summed E-state index contributed by atoms with van der Waals surface area (Å²) in [5, 5.41) is 7.38. The number of aromatic nitrogens is 3. The van der Waals surface area contributed by atoms with Crippen molar-refractivity contribution >= 4 is 18.2 Å². The Kier molecular flexibility index (Phi) is 8.85. The molecule has 38 heavy (non-hydrogen) atoms. The van der Waals surface area contributed by atoms with Crippen molar-refractivity contribution in [3.05, 3.63) is 42.5 Å². The molecule has 0 aliphatic carbocycles. The average Bonchev–Trinajstić information content (AvgIpc) is 3.41. The molecule has 1 saturated heterocycles. The molecular formula is C26H36N4O8. The number of nitrogens with zero attached hydrogens (tertiary/aromatic N) is 4. The van der Waals surface area contributed by atoms with Gasteiger partial charge in [-0.2, -0.15) is 0 Å². The smallest absolute Gasteiger partial charge is 0.497 e.